The molecule has 3 rings (SSSR count). The van der Waals surface area contributed by atoms with E-state index in [0.717, 1.165) is 11.6 Å². The molecule has 0 amide bonds. The van der Waals surface area contributed by atoms with Gasteiger partial charge in [-0.05, 0) is 85.8 Å². The highest BCUT2D eigenvalue weighted by atomic mass is 35.5. The molecular weight excluding hydrogens is 298 g/mol. The van der Waals surface area contributed by atoms with Crippen molar-refractivity contribution in [1.82, 2.24) is 5.32 Å². The quantitative estimate of drug-likeness (QED) is 0.826. The number of hydrogen-bond donors (Lipinski definition) is 1. The molecule has 1 nitrogen and oxygen atoms in total. The van der Waals surface area contributed by atoms with Gasteiger partial charge in [-0.1, -0.05) is 23.7 Å². The van der Waals surface area contributed by atoms with Gasteiger partial charge in [0.15, 0.2) is 0 Å². The molecule has 2 atom stereocenters. The molecule has 2 aromatic rings. The van der Waals surface area contributed by atoms with Gasteiger partial charge in [0.25, 0.3) is 0 Å². The third kappa shape index (κ3) is 3.50. The predicted octanol–water partition coefficient (Wildman–Crippen LogP) is 4.90. The topological polar surface area (TPSA) is 12.0 Å². The summed E-state index contributed by atoms with van der Waals surface area (Å²) < 4.78 is 0. The van der Waals surface area contributed by atoms with Crippen molar-refractivity contribution >= 4 is 22.9 Å². The Labute approximate surface area is 136 Å². The zero-order valence-electron chi connectivity index (χ0n) is 12.4. The number of benzene rings is 1. The number of aryl methyl sites for hydroxylation is 1. The van der Waals surface area contributed by atoms with Crippen molar-refractivity contribution < 1.29 is 0 Å². The van der Waals surface area contributed by atoms with E-state index in [9.17, 15) is 0 Å². The first-order chi connectivity index (χ1) is 10.3. The van der Waals surface area contributed by atoms with E-state index in [2.05, 4.69) is 48.1 Å². The fourth-order valence-electron chi connectivity index (χ4n) is 3.62. The van der Waals surface area contributed by atoms with E-state index in [-0.39, 0.29) is 0 Å². The number of halogens is 1. The molecule has 1 aromatic carbocycles. The van der Waals surface area contributed by atoms with Crippen LogP contribution in [0.15, 0.2) is 35.7 Å². The van der Waals surface area contributed by atoms with Crippen LogP contribution in [0.3, 0.4) is 0 Å². The average molecular weight is 320 g/mol. The van der Waals surface area contributed by atoms with Crippen molar-refractivity contribution in [3.8, 4) is 0 Å². The molecule has 112 valence electrons. The molecule has 21 heavy (non-hydrogen) atoms. The van der Waals surface area contributed by atoms with Gasteiger partial charge in [-0.2, -0.15) is 0 Å². The van der Waals surface area contributed by atoms with Gasteiger partial charge >= 0.3 is 0 Å². The fraction of sp³-hybridized carbons (Fsp3) is 0.444. The van der Waals surface area contributed by atoms with Gasteiger partial charge in [0.2, 0.25) is 0 Å². The van der Waals surface area contributed by atoms with Crippen molar-refractivity contribution in [1.29, 1.82) is 0 Å². The highest BCUT2D eigenvalue weighted by molar-refractivity contribution is 7.09. The molecule has 0 fully saturated rings. The van der Waals surface area contributed by atoms with Gasteiger partial charge < -0.3 is 5.32 Å². The van der Waals surface area contributed by atoms with E-state index >= 15 is 0 Å². The van der Waals surface area contributed by atoms with Crippen LogP contribution >= 0.6 is 22.9 Å². The van der Waals surface area contributed by atoms with Gasteiger partial charge in [0.1, 0.15) is 0 Å². The van der Waals surface area contributed by atoms with E-state index in [0.29, 0.717) is 11.8 Å². The lowest BCUT2D eigenvalue weighted by molar-refractivity contribution is 0.367. The molecule has 0 aliphatic heterocycles. The molecule has 0 bridgehead atoms. The van der Waals surface area contributed by atoms with Gasteiger partial charge in [0.05, 0.1) is 0 Å². The molecule has 1 aromatic heterocycles. The van der Waals surface area contributed by atoms with Crippen LogP contribution in [0.4, 0.5) is 0 Å². The molecule has 1 heterocycles. The van der Waals surface area contributed by atoms with Crippen LogP contribution in [-0.2, 0) is 12.8 Å². The Balaban J connectivity index is 1.86. The van der Waals surface area contributed by atoms with E-state index in [1.807, 2.05) is 11.3 Å². The predicted molar refractivity (Wildman–Crippen MR) is 92.6 cm³/mol. The van der Waals surface area contributed by atoms with E-state index < -0.39 is 0 Å². The van der Waals surface area contributed by atoms with Gasteiger partial charge in [-0.3, -0.25) is 0 Å². The van der Waals surface area contributed by atoms with Crippen molar-refractivity contribution in [2.45, 2.75) is 31.6 Å². The fourth-order valence-corrected chi connectivity index (χ4v) is 4.61. The van der Waals surface area contributed by atoms with Crippen LogP contribution in [0, 0.1) is 5.92 Å². The molecule has 1 aliphatic rings. The lowest BCUT2D eigenvalue weighted by Gasteiger charge is -2.32. The monoisotopic (exact) mass is 319 g/mol. The maximum absolute atomic E-state index is 6.17. The molecule has 2 unspecified atom stereocenters. The Morgan fingerprint density at radius 1 is 1.38 bits per heavy atom. The van der Waals surface area contributed by atoms with Crippen molar-refractivity contribution in [3.63, 3.8) is 0 Å². The first-order valence-corrected chi connectivity index (χ1v) is 8.99. The van der Waals surface area contributed by atoms with Crippen LogP contribution < -0.4 is 5.32 Å². The summed E-state index contributed by atoms with van der Waals surface area (Å²) in [7, 11) is 2.06. The first-order valence-electron chi connectivity index (χ1n) is 7.73. The molecule has 1 N–H and O–H groups in total. The highest BCUT2D eigenvalue weighted by Crippen LogP contribution is 2.39. The Hall–Kier alpha value is -0.830. The summed E-state index contributed by atoms with van der Waals surface area (Å²) in [6.45, 7) is 1.07. The lowest BCUT2D eigenvalue weighted by atomic mass is 9.74. The van der Waals surface area contributed by atoms with Gasteiger partial charge in [-0.25, -0.2) is 0 Å². The largest absolute Gasteiger partial charge is 0.319 e. The Bertz CT molecular complexity index is 579. The summed E-state index contributed by atoms with van der Waals surface area (Å²) in [5.74, 6) is 1.31. The Morgan fingerprint density at radius 3 is 3.05 bits per heavy atom. The van der Waals surface area contributed by atoms with E-state index in [1.54, 1.807) is 0 Å². The number of rotatable bonds is 5. The summed E-state index contributed by atoms with van der Waals surface area (Å²) in [6.07, 6.45) is 4.93. The SMILES string of the molecule is CNCC(Cc1cccs1)C1CCCc2cc(Cl)ccc21. The minimum absolute atomic E-state index is 0.653. The number of hydrogen-bond acceptors (Lipinski definition) is 2. The minimum atomic E-state index is 0.653. The molecule has 0 saturated carbocycles. The maximum atomic E-state index is 6.17. The van der Waals surface area contributed by atoms with Crippen molar-refractivity contribution in [2.24, 2.45) is 5.92 Å². The Morgan fingerprint density at radius 2 is 2.29 bits per heavy atom. The lowest BCUT2D eigenvalue weighted by Crippen LogP contribution is -2.28. The van der Waals surface area contributed by atoms with Crippen LogP contribution in [0.25, 0.3) is 0 Å². The zero-order valence-corrected chi connectivity index (χ0v) is 14.0. The maximum Gasteiger partial charge on any atom is 0.0408 e. The smallest absolute Gasteiger partial charge is 0.0408 e. The van der Waals surface area contributed by atoms with Crippen LogP contribution in [0.2, 0.25) is 5.02 Å². The molecule has 3 heteroatoms. The van der Waals surface area contributed by atoms with Crippen LogP contribution in [0.5, 0.6) is 0 Å². The first kappa shape index (κ1) is 15.1. The van der Waals surface area contributed by atoms with E-state index in [4.69, 9.17) is 11.6 Å². The highest BCUT2D eigenvalue weighted by Gasteiger charge is 2.28. The molecular formula is C18H22ClNS. The number of nitrogens with one attached hydrogen (secondary N) is 1. The molecule has 0 saturated heterocycles. The van der Waals surface area contributed by atoms with Gasteiger partial charge in [0, 0.05) is 9.90 Å². The summed E-state index contributed by atoms with van der Waals surface area (Å²) in [4.78, 5) is 1.50. The minimum Gasteiger partial charge on any atom is -0.319 e. The summed E-state index contributed by atoms with van der Waals surface area (Å²) in [6, 6.07) is 10.9. The second-order valence-electron chi connectivity index (χ2n) is 5.94. The zero-order chi connectivity index (χ0) is 14.7. The normalized spacial score (nSPS) is 19.2. The summed E-state index contributed by atoms with van der Waals surface area (Å²) >= 11 is 8.05. The third-order valence-electron chi connectivity index (χ3n) is 4.54. The standard InChI is InChI=1S/C18H22ClNS/c1-20-12-14(11-16-5-3-9-21-16)17-6-2-4-13-10-15(19)7-8-18(13)17/h3,5,7-10,14,17,20H,2,4,6,11-12H2,1H3. The van der Waals surface area contributed by atoms with Crippen molar-refractivity contribution in [3.05, 3.63) is 56.7 Å². The van der Waals surface area contributed by atoms with Crippen LogP contribution in [-0.4, -0.2) is 13.6 Å². The van der Waals surface area contributed by atoms with Gasteiger partial charge in [-0.15, -0.1) is 11.3 Å². The summed E-state index contributed by atoms with van der Waals surface area (Å²) in [5, 5.41) is 6.45. The molecule has 0 radical (unpaired) electrons. The van der Waals surface area contributed by atoms with Crippen LogP contribution in [0.1, 0.15) is 34.8 Å². The summed E-state index contributed by atoms with van der Waals surface area (Å²) in [5.41, 5.74) is 2.99. The average Bonchev–Trinajstić information content (AvgIpc) is 2.99. The number of thiophene rings is 1. The molecule has 1 aliphatic carbocycles. The molecule has 0 spiro atoms. The third-order valence-corrected chi connectivity index (χ3v) is 5.68. The second kappa shape index (κ2) is 6.95. The van der Waals surface area contributed by atoms with Crippen molar-refractivity contribution in [2.75, 3.05) is 13.6 Å². The van der Waals surface area contributed by atoms with E-state index in [1.165, 1.54) is 41.7 Å². The number of fused-ring (bicyclic) bond motifs is 1. The second-order valence-corrected chi connectivity index (χ2v) is 7.41. The Kier molecular flexibility index (Phi) is 4.99.